The number of aromatic nitrogens is 2. The Labute approximate surface area is 289 Å². The van der Waals surface area contributed by atoms with Crippen molar-refractivity contribution in [2.45, 2.75) is 25.6 Å². The van der Waals surface area contributed by atoms with Gasteiger partial charge in [-0.3, -0.25) is 4.79 Å². The Balaban J connectivity index is 1.48. The number of ketones is 1. The average Bonchev–Trinajstić information content (AvgIpc) is 3.51. The molecule has 5 rings (SSSR count). The van der Waals surface area contributed by atoms with Gasteiger partial charge in [-0.15, -0.1) is 0 Å². The van der Waals surface area contributed by atoms with E-state index >= 15 is 0 Å². The number of hydrogen-bond donors (Lipinski definition) is 1. The average molecular weight is 688 g/mol. The fourth-order valence-electron chi connectivity index (χ4n) is 5.49. The Morgan fingerprint density at radius 3 is 1.84 bits per heavy atom. The maximum atomic E-state index is 13.5. The van der Waals surface area contributed by atoms with E-state index in [1.165, 1.54) is 12.1 Å². The molecule has 50 heavy (non-hydrogen) atoms. The number of carbonyl (C=O) groups excluding carboxylic acids is 1. The molecule has 0 saturated carbocycles. The summed E-state index contributed by atoms with van der Waals surface area (Å²) in [5.41, 5.74) is 9.69. The van der Waals surface area contributed by atoms with Crippen molar-refractivity contribution in [1.82, 2.24) is 9.55 Å². The van der Waals surface area contributed by atoms with Crippen molar-refractivity contribution < 1.29 is 36.9 Å². The maximum Gasteiger partial charge on any atom is 0.416 e. The molecule has 0 aliphatic heterocycles. The highest BCUT2D eigenvalue weighted by Crippen LogP contribution is 2.39. The molecule has 0 amide bonds. The fourth-order valence-corrected chi connectivity index (χ4v) is 5.49. The molecule has 8 nitrogen and oxygen atoms in total. The number of benzene rings is 4. The normalized spacial score (nSPS) is 11.5. The molecule has 5 aromatic rings. The van der Waals surface area contributed by atoms with Crippen molar-refractivity contribution in [1.29, 1.82) is 0 Å². The van der Waals surface area contributed by atoms with Crippen LogP contribution in [0.4, 0.5) is 13.2 Å². The standard InChI is InChI=1S/C39H40F3N3O5/c1-47-33-17-11-29(12-18-33)36-37(30-13-19-34(48-2)20-14-30)45(38(44-36)31-9-15-32(16-10-31)39(40,41)42)26-27-5-7-28(8-6-27)35(46)4-3-22-49-24-25-50-23-21-43/h5-20H,3-4,21-26,43H2,1-2H3. The van der Waals surface area contributed by atoms with Crippen molar-refractivity contribution in [2.75, 3.05) is 47.2 Å². The minimum atomic E-state index is -4.47. The second kappa shape index (κ2) is 17.1. The fraction of sp³-hybridized carbons (Fsp3) is 0.282. The van der Waals surface area contributed by atoms with Crippen molar-refractivity contribution in [3.8, 4) is 45.4 Å². The summed E-state index contributed by atoms with van der Waals surface area (Å²) in [6.07, 6.45) is -3.54. The zero-order valence-corrected chi connectivity index (χ0v) is 28.0. The molecule has 1 heterocycles. The summed E-state index contributed by atoms with van der Waals surface area (Å²) in [5, 5.41) is 0. The van der Waals surface area contributed by atoms with Gasteiger partial charge in [-0.05, 0) is 72.6 Å². The summed E-state index contributed by atoms with van der Waals surface area (Å²) in [7, 11) is 3.18. The molecule has 0 aliphatic rings. The Morgan fingerprint density at radius 2 is 1.28 bits per heavy atom. The third kappa shape index (κ3) is 9.17. The predicted octanol–water partition coefficient (Wildman–Crippen LogP) is 7.92. The number of alkyl halides is 3. The summed E-state index contributed by atoms with van der Waals surface area (Å²) < 4.78 is 64.0. The lowest BCUT2D eigenvalue weighted by atomic mass is 10.0. The topological polar surface area (TPSA) is 97.8 Å². The number of halogens is 3. The molecule has 262 valence electrons. The largest absolute Gasteiger partial charge is 0.497 e. The lowest BCUT2D eigenvalue weighted by Crippen LogP contribution is -2.12. The van der Waals surface area contributed by atoms with Crippen LogP contribution in [0, 0.1) is 0 Å². The van der Waals surface area contributed by atoms with Crippen LogP contribution in [0.5, 0.6) is 11.5 Å². The van der Waals surface area contributed by atoms with Crippen LogP contribution in [-0.4, -0.2) is 62.5 Å². The molecule has 1 aromatic heterocycles. The first-order valence-corrected chi connectivity index (χ1v) is 16.3. The van der Waals surface area contributed by atoms with Crippen LogP contribution in [0.1, 0.15) is 34.3 Å². The molecule has 0 unspecified atom stereocenters. The van der Waals surface area contributed by atoms with E-state index in [1.54, 1.807) is 26.4 Å². The van der Waals surface area contributed by atoms with Gasteiger partial charge in [0.15, 0.2) is 5.78 Å². The molecular formula is C39H40F3N3O5. The van der Waals surface area contributed by atoms with E-state index in [4.69, 9.17) is 29.7 Å². The zero-order chi connectivity index (χ0) is 35.5. The first kappa shape index (κ1) is 36.3. The summed E-state index contributed by atoms with van der Waals surface area (Å²) in [4.78, 5) is 18.0. The number of Topliss-reactive ketones (excluding diaryl/α,β-unsaturated/α-hetero) is 1. The maximum absolute atomic E-state index is 13.5. The van der Waals surface area contributed by atoms with E-state index < -0.39 is 11.7 Å². The minimum absolute atomic E-state index is 0.00770. The second-order valence-electron chi connectivity index (χ2n) is 11.5. The number of imidazole rings is 1. The number of nitrogens with zero attached hydrogens (tertiary/aromatic N) is 2. The predicted molar refractivity (Wildman–Crippen MR) is 186 cm³/mol. The highest BCUT2D eigenvalue weighted by molar-refractivity contribution is 5.96. The monoisotopic (exact) mass is 687 g/mol. The molecule has 0 aliphatic carbocycles. The van der Waals surface area contributed by atoms with Crippen LogP contribution in [-0.2, 0) is 22.2 Å². The molecule has 0 saturated heterocycles. The second-order valence-corrected chi connectivity index (χ2v) is 11.5. The molecule has 0 bridgehead atoms. The molecule has 0 spiro atoms. The van der Waals surface area contributed by atoms with Gasteiger partial charge in [0.25, 0.3) is 0 Å². The van der Waals surface area contributed by atoms with E-state index in [9.17, 15) is 18.0 Å². The lowest BCUT2D eigenvalue weighted by molar-refractivity contribution is -0.137. The van der Waals surface area contributed by atoms with Crippen molar-refractivity contribution in [3.63, 3.8) is 0 Å². The Morgan fingerprint density at radius 1 is 0.720 bits per heavy atom. The van der Waals surface area contributed by atoms with E-state index in [2.05, 4.69) is 0 Å². The van der Waals surface area contributed by atoms with Gasteiger partial charge >= 0.3 is 6.18 Å². The molecule has 4 aromatic carbocycles. The minimum Gasteiger partial charge on any atom is -0.497 e. The molecular weight excluding hydrogens is 647 g/mol. The van der Waals surface area contributed by atoms with Crippen LogP contribution in [0.15, 0.2) is 97.1 Å². The van der Waals surface area contributed by atoms with Crippen LogP contribution in [0.2, 0.25) is 0 Å². The third-order valence-corrected chi connectivity index (χ3v) is 8.11. The summed E-state index contributed by atoms with van der Waals surface area (Å²) in [6.45, 7) is 2.64. The van der Waals surface area contributed by atoms with Crippen LogP contribution in [0.3, 0.4) is 0 Å². The number of nitrogens with two attached hydrogens (primary N) is 1. The van der Waals surface area contributed by atoms with Gasteiger partial charge in [0.05, 0.1) is 51.0 Å². The van der Waals surface area contributed by atoms with Crippen molar-refractivity contribution >= 4 is 5.78 Å². The number of ether oxygens (including phenoxy) is 4. The highest BCUT2D eigenvalue weighted by atomic mass is 19.4. The van der Waals surface area contributed by atoms with Gasteiger partial charge in [-0.1, -0.05) is 36.4 Å². The zero-order valence-electron chi connectivity index (χ0n) is 28.0. The Kier molecular flexibility index (Phi) is 12.4. The molecule has 0 atom stereocenters. The molecule has 2 N–H and O–H groups in total. The Hall–Kier alpha value is -4.97. The summed E-state index contributed by atoms with van der Waals surface area (Å²) in [5.74, 6) is 1.85. The van der Waals surface area contributed by atoms with Crippen molar-refractivity contribution in [2.24, 2.45) is 5.73 Å². The first-order chi connectivity index (χ1) is 24.2. The lowest BCUT2D eigenvalue weighted by Gasteiger charge is -2.15. The van der Waals surface area contributed by atoms with Gasteiger partial charge in [0.2, 0.25) is 0 Å². The molecule has 11 heteroatoms. The van der Waals surface area contributed by atoms with E-state index in [-0.39, 0.29) is 5.78 Å². The quantitative estimate of drug-likeness (QED) is 0.0784. The Bertz CT molecular complexity index is 1820. The van der Waals surface area contributed by atoms with Gasteiger partial charge in [-0.2, -0.15) is 13.2 Å². The van der Waals surface area contributed by atoms with Crippen LogP contribution in [0.25, 0.3) is 33.9 Å². The molecule has 0 fully saturated rings. The van der Waals surface area contributed by atoms with Crippen molar-refractivity contribution in [3.05, 3.63) is 114 Å². The summed E-state index contributed by atoms with van der Waals surface area (Å²) >= 11 is 0. The number of hydrogen-bond acceptors (Lipinski definition) is 7. The van der Waals surface area contributed by atoms with Crippen LogP contribution >= 0.6 is 0 Å². The van der Waals surface area contributed by atoms with Gasteiger partial charge in [0.1, 0.15) is 17.3 Å². The van der Waals surface area contributed by atoms with E-state index in [1.807, 2.05) is 65.2 Å². The number of methoxy groups -OCH3 is 2. The number of rotatable bonds is 17. The van der Waals surface area contributed by atoms with E-state index in [0.29, 0.717) is 86.5 Å². The third-order valence-electron chi connectivity index (χ3n) is 8.11. The number of carbonyl (C=O) groups is 1. The van der Waals surface area contributed by atoms with E-state index in [0.717, 1.165) is 34.5 Å². The summed E-state index contributed by atoms with van der Waals surface area (Å²) in [6, 6.07) is 27.4. The first-order valence-electron chi connectivity index (χ1n) is 16.3. The molecule has 0 radical (unpaired) electrons. The van der Waals surface area contributed by atoms with Gasteiger partial charge in [0, 0.05) is 48.4 Å². The SMILES string of the molecule is COc1ccc(-c2nc(-c3ccc(C(F)(F)F)cc3)n(Cc3ccc(C(=O)CCCOCCOCCN)cc3)c2-c2ccc(OC)cc2)cc1. The highest BCUT2D eigenvalue weighted by Gasteiger charge is 2.30. The van der Waals surface area contributed by atoms with Gasteiger partial charge < -0.3 is 29.2 Å². The smallest absolute Gasteiger partial charge is 0.416 e. The van der Waals surface area contributed by atoms with Crippen LogP contribution < -0.4 is 15.2 Å². The van der Waals surface area contributed by atoms with Gasteiger partial charge in [-0.25, -0.2) is 4.98 Å².